The lowest BCUT2D eigenvalue weighted by molar-refractivity contribution is 0.204. The molecule has 1 heteroatoms. The molecule has 1 rings (SSSR count). The average Bonchev–Trinajstić information content (AvgIpc) is 2.21. The summed E-state index contributed by atoms with van der Waals surface area (Å²) in [6.45, 7) is 10.6. The fraction of sp³-hybridized carbons (Fsp3) is 0.533. The first kappa shape index (κ1) is 13.1. The third-order valence-corrected chi connectivity index (χ3v) is 2.69. The second-order valence-electron chi connectivity index (χ2n) is 4.86. The average molecular weight is 219 g/mol. The second-order valence-corrected chi connectivity index (χ2v) is 4.86. The zero-order valence-electron chi connectivity index (χ0n) is 10.7. The van der Waals surface area contributed by atoms with Crippen molar-refractivity contribution in [2.75, 3.05) is 0 Å². The number of benzene rings is 1. The van der Waals surface area contributed by atoms with E-state index in [1.54, 1.807) is 0 Å². The van der Waals surface area contributed by atoms with Gasteiger partial charge in [-0.2, -0.15) is 0 Å². The third kappa shape index (κ3) is 4.69. The molecule has 0 N–H and O–H groups in total. The third-order valence-electron chi connectivity index (χ3n) is 2.69. The van der Waals surface area contributed by atoms with Gasteiger partial charge in [-0.25, -0.2) is 0 Å². The number of rotatable bonds is 6. The van der Waals surface area contributed by atoms with Gasteiger partial charge >= 0.3 is 0 Å². The van der Waals surface area contributed by atoms with Crippen molar-refractivity contribution in [3.05, 3.63) is 36.8 Å². The Hall–Kier alpha value is -0.980. The van der Waals surface area contributed by atoms with Crippen LogP contribution in [-0.2, 0) is 0 Å². The van der Waals surface area contributed by atoms with Gasteiger partial charge in [0.05, 0.1) is 6.10 Å². The Morgan fingerprint density at radius 2 is 1.81 bits per heavy atom. The molecule has 1 atom stereocenters. The summed E-state index contributed by atoms with van der Waals surface area (Å²) in [5.74, 6) is 1.70. The van der Waals surface area contributed by atoms with Crippen LogP contribution in [0.25, 0.3) is 0 Å². The highest BCUT2D eigenvalue weighted by Gasteiger charge is 2.06. The molecule has 0 spiro atoms. The molecular weight excluding hydrogens is 196 g/mol. The molecule has 0 saturated carbocycles. The van der Waals surface area contributed by atoms with E-state index in [4.69, 9.17) is 4.74 Å². The van der Waals surface area contributed by atoms with Crippen LogP contribution < -0.4 is 4.74 Å². The smallest absolute Gasteiger partial charge is 0.122 e. The molecule has 16 heavy (non-hydrogen) atoms. The van der Waals surface area contributed by atoms with Crippen LogP contribution in [0, 0.1) is 12.8 Å². The van der Waals surface area contributed by atoms with E-state index in [1.807, 2.05) is 24.3 Å². The Kier molecular flexibility index (Phi) is 5.37. The minimum atomic E-state index is 0.279. The summed E-state index contributed by atoms with van der Waals surface area (Å²) in [6, 6.07) is 7.95. The summed E-state index contributed by atoms with van der Waals surface area (Å²) < 4.78 is 5.86. The first-order valence-corrected chi connectivity index (χ1v) is 6.17. The van der Waals surface area contributed by atoms with Gasteiger partial charge in [0, 0.05) is 0 Å². The van der Waals surface area contributed by atoms with Gasteiger partial charge in [-0.1, -0.05) is 38.5 Å². The number of ether oxygens (including phenoxy) is 1. The van der Waals surface area contributed by atoms with Gasteiger partial charge in [0.2, 0.25) is 0 Å². The van der Waals surface area contributed by atoms with Crippen molar-refractivity contribution in [2.24, 2.45) is 5.92 Å². The van der Waals surface area contributed by atoms with Crippen LogP contribution in [0.3, 0.4) is 0 Å². The lowest BCUT2D eigenvalue weighted by atomic mass is 10.0. The Morgan fingerprint density at radius 1 is 1.12 bits per heavy atom. The van der Waals surface area contributed by atoms with Crippen molar-refractivity contribution in [3.63, 3.8) is 0 Å². The zero-order chi connectivity index (χ0) is 12.0. The second kappa shape index (κ2) is 6.57. The Bertz CT molecular complexity index is 304. The van der Waals surface area contributed by atoms with E-state index in [1.165, 1.54) is 12.8 Å². The van der Waals surface area contributed by atoms with Crippen molar-refractivity contribution >= 4 is 0 Å². The van der Waals surface area contributed by atoms with Crippen LogP contribution in [0.2, 0.25) is 0 Å². The molecule has 1 aromatic rings. The van der Waals surface area contributed by atoms with Crippen LogP contribution in [0.15, 0.2) is 24.3 Å². The molecular formula is C15H23O. The molecule has 0 saturated heterocycles. The molecule has 1 unspecified atom stereocenters. The van der Waals surface area contributed by atoms with E-state index in [0.717, 1.165) is 23.7 Å². The molecule has 0 aliphatic heterocycles. The summed E-state index contributed by atoms with van der Waals surface area (Å²) in [5.41, 5.74) is 0.971. The minimum Gasteiger partial charge on any atom is -0.490 e. The maximum atomic E-state index is 5.86. The summed E-state index contributed by atoms with van der Waals surface area (Å²) in [4.78, 5) is 0. The van der Waals surface area contributed by atoms with Crippen molar-refractivity contribution in [2.45, 2.75) is 46.1 Å². The topological polar surface area (TPSA) is 9.23 Å². The summed E-state index contributed by atoms with van der Waals surface area (Å²) in [7, 11) is 0. The van der Waals surface area contributed by atoms with Gasteiger partial charge in [-0.3, -0.25) is 0 Å². The molecule has 1 aromatic carbocycles. The van der Waals surface area contributed by atoms with Crippen molar-refractivity contribution < 1.29 is 4.74 Å². The molecule has 0 amide bonds. The summed E-state index contributed by atoms with van der Waals surface area (Å²) in [6.07, 6.45) is 3.91. The van der Waals surface area contributed by atoms with Crippen molar-refractivity contribution in [1.29, 1.82) is 0 Å². The fourth-order valence-corrected chi connectivity index (χ4v) is 1.71. The largest absolute Gasteiger partial charge is 0.490 e. The fourth-order valence-electron chi connectivity index (χ4n) is 1.71. The van der Waals surface area contributed by atoms with Gasteiger partial charge in [0.15, 0.2) is 0 Å². The monoisotopic (exact) mass is 219 g/mol. The first-order valence-electron chi connectivity index (χ1n) is 6.17. The van der Waals surface area contributed by atoms with E-state index in [9.17, 15) is 0 Å². The quantitative estimate of drug-likeness (QED) is 0.686. The van der Waals surface area contributed by atoms with E-state index < -0.39 is 0 Å². The minimum absolute atomic E-state index is 0.279. The summed E-state index contributed by atoms with van der Waals surface area (Å²) in [5, 5.41) is 0. The molecule has 1 nitrogen and oxygen atoms in total. The maximum absolute atomic E-state index is 5.86. The Labute approximate surface area is 99.8 Å². The highest BCUT2D eigenvalue weighted by molar-refractivity contribution is 5.35. The molecule has 89 valence electrons. The normalized spacial score (nSPS) is 12.8. The van der Waals surface area contributed by atoms with E-state index in [2.05, 4.69) is 27.7 Å². The molecule has 0 heterocycles. The molecule has 0 aliphatic carbocycles. The van der Waals surface area contributed by atoms with E-state index >= 15 is 0 Å². The Balaban J connectivity index is 2.34. The first-order chi connectivity index (χ1) is 7.59. The van der Waals surface area contributed by atoms with Crippen LogP contribution in [0.5, 0.6) is 5.75 Å². The molecule has 0 bridgehead atoms. The lowest BCUT2D eigenvalue weighted by Crippen LogP contribution is -2.12. The highest BCUT2D eigenvalue weighted by Crippen LogP contribution is 2.19. The Morgan fingerprint density at radius 3 is 2.44 bits per heavy atom. The number of hydrogen-bond donors (Lipinski definition) is 0. The number of para-hydroxylation sites is 1. The lowest BCUT2D eigenvalue weighted by Gasteiger charge is -2.16. The zero-order valence-corrected chi connectivity index (χ0v) is 10.7. The van der Waals surface area contributed by atoms with Gasteiger partial charge in [0.25, 0.3) is 0 Å². The van der Waals surface area contributed by atoms with E-state index in [0.29, 0.717) is 0 Å². The highest BCUT2D eigenvalue weighted by atomic mass is 16.5. The molecule has 0 fully saturated rings. The van der Waals surface area contributed by atoms with Crippen LogP contribution in [0.1, 0.15) is 45.6 Å². The molecule has 0 aromatic heterocycles. The standard InChI is InChI=1S/C15H23O/c1-12(2)8-7-10-14(4)16-15-11-6-5-9-13(15)3/h5-6,9,11-12,14H,3,7-8,10H2,1-2,4H3. The van der Waals surface area contributed by atoms with Gasteiger partial charge in [0.1, 0.15) is 5.75 Å². The van der Waals surface area contributed by atoms with Crippen molar-refractivity contribution in [1.82, 2.24) is 0 Å². The maximum Gasteiger partial charge on any atom is 0.122 e. The van der Waals surface area contributed by atoms with Crippen LogP contribution >= 0.6 is 0 Å². The predicted molar refractivity (Wildman–Crippen MR) is 69.7 cm³/mol. The van der Waals surface area contributed by atoms with Crippen LogP contribution in [-0.4, -0.2) is 6.10 Å². The van der Waals surface area contributed by atoms with Crippen molar-refractivity contribution in [3.8, 4) is 5.75 Å². The molecule has 1 radical (unpaired) electrons. The SMILES string of the molecule is [CH2]c1ccccc1OC(C)CCCC(C)C. The van der Waals surface area contributed by atoms with Crippen LogP contribution in [0.4, 0.5) is 0 Å². The van der Waals surface area contributed by atoms with Gasteiger partial charge in [-0.05, 0) is 44.2 Å². The predicted octanol–water partition coefficient (Wildman–Crippen LogP) is 4.46. The number of hydrogen-bond acceptors (Lipinski definition) is 1. The molecule has 0 aliphatic rings. The van der Waals surface area contributed by atoms with Gasteiger partial charge in [-0.15, -0.1) is 0 Å². The van der Waals surface area contributed by atoms with Gasteiger partial charge < -0.3 is 4.74 Å². The summed E-state index contributed by atoms with van der Waals surface area (Å²) >= 11 is 0. The van der Waals surface area contributed by atoms with E-state index in [-0.39, 0.29) is 6.10 Å².